The van der Waals surface area contributed by atoms with E-state index in [-0.39, 0.29) is 24.5 Å². The van der Waals surface area contributed by atoms with Crippen molar-refractivity contribution >= 4 is 0 Å². The summed E-state index contributed by atoms with van der Waals surface area (Å²) in [5.74, 6) is -2.45. The molecule has 0 aromatic heterocycles. The lowest BCUT2D eigenvalue weighted by Crippen LogP contribution is -2.60. The van der Waals surface area contributed by atoms with Gasteiger partial charge < -0.3 is 10.1 Å². The van der Waals surface area contributed by atoms with Crippen molar-refractivity contribution in [2.24, 2.45) is 0 Å². The Labute approximate surface area is 83.0 Å². The Balaban J connectivity index is 1.78. The Bertz CT molecular complexity index is 206. The summed E-state index contributed by atoms with van der Waals surface area (Å²) in [5.41, 5.74) is -0.0999. The van der Waals surface area contributed by atoms with E-state index in [0.717, 1.165) is 13.1 Å². The molecule has 0 radical (unpaired) electrons. The summed E-state index contributed by atoms with van der Waals surface area (Å²) in [6, 6.07) is 0. The number of halogens is 2. The summed E-state index contributed by atoms with van der Waals surface area (Å²) in [6.45, 7) is 3.73. The van der Waals surface area contributed by atoms with Crippen molar-refractivity contribution in [2.75, 3.05) is 13.1 Å². The lowest BCUT2D eigenvalue weighted by atomic mass is 9.92. The topological polar surface area (TPSA) is 21.3 Å². The molecule has 0 atom stereocenters. The van der Waals surface area contributed by atoms with E-state index in [9.17, 15) is 8.78 Å². The Morgan fingerprint density at radius 3 is 2.21 bits per heavy atom. The molecule has 1 N–H and O–H groups in total. The summed E-state index contributed by atoms with van der Waals surface area (Å²) in [7, 11) is 0. The summed E-state index contributed by atoms with van der Waals surface area (Å²) >= 11 is 0. The molecule has 1 heterocycles. The molecule has 82 valence electrons. The minimum atomic E-state index is -2.45. The van der Waals surface area contributed by atoms with Crippen molar-refractivity contribution in [3.05, 3.63) is 0 Å². The largest absolute Gasteiger partial charge is 0.369 e. The first-order chi connectivity index (χ1) is 6.49. The average Bonchev–Trinajstić information content (AvgIpc) is 2.06. The molecular formula is C10H17F2NO. The molecule has 0 amide bonds. The van der Waals surface area contributed by atoms with Crippen LogP contribution in [0.5, 0.6) is 0 Å². The molecule has 14 heavy (non-hydrogen) atoms. The Hall–Kier alpha value is -0.220. The van der Waals surface area contributed by atoms with Gasteiger partial charge in [-0.1, -0.05) is 0 Å². The van der Waals surface area contributed by atoms with Gasteiger partial charge >= 0.3 is 0 Å². The van der Waals surface area contributed by atoms with Crippen LogP contribution < -0.4 is 5.32 Å². The van der Waals surface area contributed by atoms with Gasteiger partial charge in [-0.05, 0) is 19.8 Å². The second-order valence-corrected chi connectivity index (χ2v) is 4.73. The second kappa shape index (κ2) is 3.42. The van der Waals surface area contributed by atoms with Gasteiger partial charge in [0.1, 0.15) is 0 Å². The molecule has 0 bridgehead atoms. The van der Waals surface area contributed by atoms with Gasteiger partial charge in [-0.3, -0.25) is 0 Å². The monoisotopic (exact) mass is 205 g/mol. The summed E-state index contributed by atoms with van der Waals surface area (Å²) in [4.78, 5) is 0. The number of nitrogens with one attached hydrogen (secondary N) is 1. The van der Waals surface area contributed by atoms with Gasteiger partial charge in [-0.25, -0.2) is 8.78 Å². The van der Waals surface area contributed by atoms with E-state index in [2.05, 4.69) is 5.32 Å². The number of hydrogen-bond acceptors (Lipinski definition) is 2. The molecule has 2 aliphatic rings. The fraction of sp³-hybridized carbons (Fsp3) is 1.00. The van der Waals surface area contributed by atoms with Crippen LogP contribution in [-0.2, 0) is 4.74 Å². The highest BCUT2D eigenvalue weighted by molar-refractivity contribution is 4.92. The minimum absolute atomic E-state index is 0.0127. The van der Waals surface area contributed by atoms with E-state index >= 15 is 0 Å². The first-order valence-electron chi connectivity index (χ1n) is 5.26. The third kappa shape index (κ3) is 2.23. The molecule has 0 spiro atoms. The van der Waals surface area contributed by atoms with Gasteiger partial charge in [0.2, 0.25) is 5.92 Å². The predicted octanol–water partition coefficient (Wildman–Crippen LogP) is 1.94. The number of ether oxygens (including phenoxy) is 1. The molecule has 0 aromatic carbocycles. The van der Waals surface area contributed by atoms with E-state index in [1.54, 1.807) is 0 Å². The average molecular weight is 205 g/mol. The van der Waals surface area contributed by atoms with Crippen LogP contribution in [0, 0.1) is 0 Å². The maximum Gasteiger partial charge on any atom is 0.248 e. The predicted molar refractivity (Wildman–Crippen MR) is 49.6 cm³/mol. The van der Waals surface area contributed by atoms with Crippen molar-refractivity contribution in [1.29, 1.82) is 0 Å². The van der Waals surface area contributed by atoms with Gasteiger partial charge in [-0.2, -0.15) is 0 Å². The van der Waals surface area contributed by atoms with Crippen LogP contribution >= 0.6 is 0 Å². The van der Waals surface area contributed by atoms with E-state index in [0.29, 0.717) is 12.8 Å². The lowest BCUT2D eigenvalue weighted by molar-refractivity contribution is -0.148. The molecule has 2 fully saturated rings. The lowest BCUT2D eigenvalue weighted by Gasteiger charge is -2.43. The number of rotatable bonds is 2. The van der Waals surface area contributed by atoms with Crippen LogP contribution in [0.15, 0.2) is 0 Å². The molecule has 0 aromatic rings. The van der Waals surface area contributed by atoms with Gasteiger partial charge in [-0.15, -0.1) is 0 Å². The third-order valence-corrected chi connectivity index (χ3v) is 3.11. The van der Waals surface area contributed by atoms with E-state index in [4.69, 9.17) is 4.74 Å². The maximum atomic E-state index is 12.8. The van der Waals surface area contributed by atoms with Crippen LogP contribution in [0.1, 0.15) is 32.6 Å². The standard InChI is InChI=1S/C10H17F2NO/c1-9(6-13-7-9)14-8-2-4-10(11,12)5-3-8/h8,13H,2-7H2,1H3. The molecule has 1 aliphatic carbocycles. The van der Waals surface area contributed by atoms with E-state index < -0.39 is 5.92 Å². The van der Waals surface area contributed by atoms with Crippen LogP contribution in [0.3, 0.4) is 0 Å². The highest BCUT2D eigenvalue weighted by atomic mass is 19.3. The first-order valence-corrected chi connectivity index (χ1v) is 5.26. The molecule has 0 unspecified atom stereocenters. The zero-order chi connectivity index (χ0) is 10.2. The van der Waals surface area contributed by atoms with Crippen LogP contribution in [0.25, 0.3) is 0 Å². The third-order valence-electron chi connectivity index (χ3n) is 3.11. The molecular weight excluding hydrogens is 188 g/mol. The molecule has 4 heteroatoms. The van der Waals surface area contributed by atoms with E-state index in [1.165, 1.54) is 0 Å². The quantitative estimate of drug-likeness (QED) is 0.744. The van der Waals surface area contributed by atoms with Crippen molar-refractivity contribution in [3.8, 4) is 0 Å². The van der Waals surface area contributed by atoms with Gasteiger partial charge in [0.05, 0.1) is 11.7 Å². The summed E-state index contributed by atoms with van der Waals surface area (Å²) in [6.07, 6.45) is 1.02. The SMILES string of the molecule is CC1(OC2CCC(F)(F)CC2)CNC1. The zero-order valence-corrected chi connectivity index (χ0v) is 8.48. The maximum absolute atomic E-state index is 12.8. The molecule has 2 nitrogen and oxygen atoms in total. The summed E-state index contributed by atoms with van der Waals surface area (Å²) < 4.78 is 31.5. The molecule has 1 saturated carbocycles. The fourth-order valence-corrected chi connectivity index (χ4v) is 2.09. The Morgan fingerprint density at radius 1 is 1.21 bits per heavy atom. The first kappa shape index (κ1) is 10.3. The van der Waals surface area contributed by atoms with E-state index in [1.807, 2.05) is 6.92 Å². The van der Waals surface area contributed by atoms with Crippen LogP contribution in [0.4, 0.5) is 8.78 Å². The van der Waals surface area contributed by atoms with Crippen molar-refractivity contribution in [1.82, 2.24) is 5.32 Å². The Morgan fingerprint density at radius 2 is 1.79 bits per heavy atom. The second-order valence-electron chi connectivity index (χ2n) is 4.73. The fourth-order valence-electron chi connectivity index (χ4n) is 2.09. The highest BCUT2D eigenvalue weighted by Crippen LogP contribution is 2.36. The normalized spacial score (nSPS) is 31.1. The van der Waals surface area contributed by atoms with Crippen molar-refractivity contribution < 1.29 is 13.5 Å². The van der Waals surface area contributed by atoms with Crippen molar-refractivity contribution in [3.63, 3.8) is 0 Å². The van der Waals surface area contributed by atoms with Crippen LogP contribution in [0.2, 0.25) is 0 Å². The highest BCUT2D eigenvalue weighted by Gasteiger charge is 2.40. The summed E-state index contributed by atoms with van der Waals surface area (Å²) in [5, 5.41) is 3.13. The number of hydrogen-bond donors (Lipinski definition) is 1. The zero-order valence-electron chi connectivity index (χ0n) is 8.48. The Kier molecular flexibility index (Phi) is 2.52. The van der Waals surface area contributed by atoms with Gasteiger partial charge in [0.15, 0.2) is 0 Å². The molecule has 1 saturated heterocycles. The molecule has 2 rings (SSSR count). The minimum Gasteiger partial charge on any atom is -0.369 e. The smallest absolute Gasteiger partial charge is 0.248 e. The molecule has 1 aliphatic heterocycles. The van der Waals surface area contributed by atoms with Crippen LogP contribution in [-0.4, -0.2) is 30.7 Å². The van der Waals surface area contributed by atoms with Gasteiger partial charge in [0.25, 0.3) is 0 Å². The van der Waals surface area contributed by atoms with Gasteiger partial charge in [0, 0.05) is 25.9 Å². The number of alkyl halides is 2. The van der Waals surface area contributed by atoms with Crippen molar-refractivity contribution in [2.45, 2.75) is 50.2 Å².